The van der Waals surface area contributed by atoms with Crippen LogP contribution >= 0.6 is 23.2 Å². The number of nitrogens with one attached hydrogen (secondary N) is 1. The van der Waals surface area contributed by atoms with Gasteiger partial charge in [-0.25, -0.2) is 0 Å². The maximum Gasteiger partial charge on any atom is 0.227 e. The molecule has 24 heavy (non-hydrogen) atoms. The van der Waals surface area contributed by atoms with Crippen LogP contribution in [0, 0.1) is 0 Å². The second-order valence-electron chi connectivity index (χ2n) is 5.55. The number of morpholine rings is 1. The van der Waals surface area contributed by atoms with E-state index < -0.39 is 0 Å². The van der Waals surface area contributed by atoms with E-state index in [0.29, 0.717) is 48.5 Å². The lowest BCUT2D eigenvalue weighted by Crippen LogP contribution is -2.41. The van der Waals surface area contributed by atoms with Crippen LogP contribution in [-0.2, 0) is 16.0 Å². The van der Waals surface area contributed by atoms with E-state index in [0.717, 1.165) is 11.3 Å². The number of carbonyl (C=O) groups is 1. The van der Waals surface area contributed by atoms with Gasteiger partial charge in [0.2, 0.25) is 5.91 Å². The number of anilines is 2. The number of halogens is 2. The highest BCUT2D eigenvalue weighted by Crippen LogP contribution is 2.33. The molecule has 0 spiro atoms. The number of rotatable bonds is 4. The lowest BCUT2D eigenvalue weighted by atomic mass is 10.1. The molecular weight excluding hydrogens is 347 g/mol. The molecule has 4 nitrogen and oxygen atoms in total. The van der Waals surface area contributed by atoms with Crippen LogP contribution in [-0.4, -0.2) is 37.1 Å². The fourth-order valence-electron chi connectivity index (χ4n) is 2.64. The van der Waals surface area contributed by atoms with Crippen molar-refractivity contribution in [3.63, 3.8) is 0 Å². The van der Waals surface area contributed by atoms with Gasteiger partial charge in [-0.2, -0.15) is 0 Å². The van der Waals surface area contributed by atoms with Crippen molar-refractivity contribution >= 4 is 40.5 Å². The molecule has 0 aromatic heterocycles. The highest BCUT2D eigenvalue weighted by molar-refractivity contribution is 6.39. The molecule has 1 amide bonds. The first-order valence-electron chi connectivity index (χ1n) is 7.79. The second-order valence-corrected chi connectivity index (χ2v) is 6.36. The zero-order chi connectivity index (χ0) is 16.9. The predicted octanol–water partition coefficient (Wildman–Crippen LogP) is 4.14. The smallest absolute Gasteiger partial charge is 0.227 e. The van der Waals surface area contributed by atoms with Crippen LogP contribution in [0.15, 0.2) is 42.5 Å². The first-order valence-corrected chi connectivity index (χ1v) is 8.55. The molecule has 0 aliphatic carbocycles. The van der Waals surface area contributed by atoms with Crippen molar-refractivity contribution in [2.24, 2.45) is 0 Å². The average molecular weight is 365 g/mol. The number of hydrogen-bond donors (Lipinski definition) is 1. The summed E-state index contributed by atoms with van der Waals surface area (Å²) < 4.78 is 5.29. The Morgan fingerprint density at radius 2 is 1.71 bits per heavy atom. The van der Waals surface area contributed by atoms with E-state index >= 15 is 0 Å². The van der Waals surface area contributed by atoms with Crippen LogP contribution in [0.4, 0.5) is 11.4 Å². The Kier molecular flexibility index (Phi) is 5.61. The molecule has 1 aliphatic heterocycles. The van der Waals surface area contributed by atoms with Gasteiger partial charge in [-0.3, -0.25) is 4.79 Å². The van der Waals surface area contributed by atoms with Crippen molar-refractivity contribution in [1.29, 1.82) is 0 Å². The van der Waals surface area contributed by atoms with Gasteiger partial charge >= 0.3 is 0 Å². The third kappa shape index (κ3) is 4.01. The topological polar surface area (TPSA) is 41.6 Å². The van der Waals surface area contributed by atoms with Gasteiger partial charge in [0, 0.05) is 18.8 Å². The Labute approximate surface area is 151 Å². The molecule has 3 rings (SSSR count). The van der Waals surface area contributed by atoms with Crippen LogP contribution in [0.2, 0.25) is 10.0 Å². The van der Waals surface area contributed by atoms with E-state index in [-0.39, 0.29) is 5.91 Å². The van der Waals surface area contributed by atoms with E-state index in [1.165, 1.54) is 0 Å². The summed E-state index contributed by atoms with van der Waals surface area (Å²) in [6.45, 7) is 2.48. The lowest BCUT2D eigenvalue weighted by Gasteiger charge is -2.27. The van der Waals surface area contributed by atoms with E-state index in [2.05, 4.69) is 5.32 Å². The molecule has 0 atom stereocenters. The largest absolute Gasteiger partial charge is 0.378 e. The van der Waals surface area contributed by atoms with Crippen molar-refractivity contribution in [2.75, 3.05) is 31.6 Å². The fourth-order valence-corrected chi connectivity index (χ4v) is 3.13. The number of amides is 1. The second kappa shape index (κ2) is 7.88. The van der Waals surface area contributed by atoms with Crippen LogP contribution < -0.4 is 5.32 Å². The zero-order valence-corrected chi connectivity index (χ0v) is 14.6. The highest BCUT2D eigenvalue weighted by atomic mass is 35.5. The van der Waals surface area contributed by atoms with E-state index in [1.54, 1.807) is 18.2 Å². The summed E-state index contributed by atoms with van der Waals surface area (Å²) in [5, 5.41) is 4.34. The predicted molar refractivity (Wildman–Crippen MR) is 97.3 cm³/mol. The van der Waals surface area contributed by atoms with Crippen molar-refractivity contribution in [3.8, 4) is 0 Å². The number of hydrogen-bond acceptors (Lipinski definition) is 3. The maximum atomic E-state index is 12.5. The Hall–Kier alpha value is -1.75. The van der Waals surface area contributed by atoms with Crippen molar-refractivity contribution in [2.45, 2.75) is 6.42 Å². The lowest BCUT2D eigenvalue weighted by molar-refractivity contribution is -0.134. The van der Waals surface area contributed by atoms with Gasteiger partial charge < -0.3 is 15.0 Å². The van der Waals surface area contributed by atoms with Gasteiger partial charge in [0.1, 0.15) is 0 Å². The van der Waals surface area contributed by atoms with Gasteiger partial charge in [0.25, 0.3) is 0 Å². The molecule has 2 aromatic carbocycles. The Balaban J connectivity index is 1.79. The fraction of sp³-hybridized carbons (Fsp3) is 0.278. The van der Waals surface area contributed by atoms with E-state index in [4.69, 9.17) is 27.9 Å². The molecule has 0 unspecified atom stereocenters. The molecule has 6 heteroatoms. The summed E-state index contributed by atoms with van der Waals surface area (Å²) in [5.74, 6) is 0.0952. The first kappa shape index (κ1) is 17.1. The number of benzene rings is 2. The maximum absolute atomic E-state index is 12.5. The first-order chi connectivity index (χ1) is 11.6. The van der Waals surface area contributed by atoms with Gasteiger partial charge in [0.15, 0.2) is 0 Å². The Bertz CT molecular complexity index is 710. The molecule has 0 bridgehead atoms. The van der Waals surface area contributed by atoms with Gasteiger partial charge in [-0.1, -0.05) is 47.5 Å². The van der Waals surface area contributed by atoms with Crippen LogP contribution in [0.1, 0.15) is 5.56 Å². The quantitative estimate of drug-likeness (QED) is 0.886. The van der Waals surface area contributed by atoms with Crippen molar-refractivity contribution < 1.29 is 9.53 Å². The summed E-state index contributed by atoms with van der Waals surface area (Å²) in [6.07, 6.45) is 0.325. The minimum atomic E-state index is 0.0952. The van der Waals surface area contributed by atoms with Gasteiger partial charge in [-0.15, -0.1) is 0 Å². The van der Waals surface area contributed by atoms with Crippen molar-refractivity contribution in [3.05, 3.63) is 58.1 Å². The van der Waals surface area contributed by atoms with E-state index in [9.17, 15) is 4.79 Å². The number of para-hydroxylation sites is 2. The summed E-state index contributed by atoms with van der Waals surface area (Å²) in [6, 6.07) is 13.0. The Morgan fingerprint density at radius 1 is 1.04 bits per heavy atom. The Morgan fingerprint density at radius 3 is 2.42 bits per heavy atom. The SMILES string of the molecule is O=C(Cc1ccccc1Nc1c(Cl)cccc1Cl)N1CCOCC1. The highest BCUT2D eigenvalue weighted by Gasteiger charge is 2.18. The normalized spacial score (nSPS) is 14.5. The summed E-state index contributed by atoms with van der Waals surface area (Å²) in [4.78, 5) is 14.3. The number of nitrogens with zero attached hydrogens (tertiary/aromatic N) is 1. The summed E-state index contributed by atoms with van der Waals surface area (Å²) >= 11 is 12.4. The zero-order valence-electron chi connectivity index (χ0n) is 13.1. The van der Waals surface area contributed by atoms with Crippen LogP contribution in [0.5, 0.6) is 0 Å². The summed E-state index contributed by atoms with van der Waals surface area (Å²) in [7, 11) is 0. The molecule has 0 saturated carbocycles. The van der Waals surface area contributed by atoms with E-state index in [1.807, 2.05) is 29.2 Å². The van der Waals surface area contributed by atoms with Crippen LogP contribution in [0.25, 0.3) is 0 Å². The molecule has 1 N–H and O–H groups in total. The molecular formula is C18H18Cl2N2O2. The third-order valence-corrected chi connectivity index (χ3v) is 4.58. The number of carbonyl (C=O) groups excluding carboxylic acids is 1. The van der Waals surface area contributed by atoms with Gasteiger partial charge in [0.05, 0.1) is 35.4 Å². The average Bonchev–Trinajstić information content (AvgIpc) is 2.60. The van der Waals surface area contributed by atoms with Crippen molar-refractivity contribution in [1.82, 2.24) is 4.90 Å². The third-order valence-electron chi connectivity index (χ3n) is 3.95. The molecule has 1 heterocycles. The molecule has 1 aliphatic rings. The van der Waals surface area contributed by atoms with Crippen LogP contribution in [0.3, 0.4) is 0 Å². The molecule has 2 aromatic rings. The minimum Gasteiger partial charge on any atom is -0.378 e. The number of ether oxygens (including phenoxy) is 1. The minimum absolute atomic E-state index is 0.0952. The molecule has 126 valence electrons. The molecule has 1 fully saturated rings. The molecule has 1 saturated heterocycles. The summed E-state index contributed by atoms with van der Waals surface area (Å²) in [5.41, 5.74) is 2.38. The van der Waals surface area contributed by atoms with Gasteiger partial charge in [-0.05, 0) is 23.8 Å². The molecule has 0 radical (unpaired) electrons. The monoisotopic (exact) mass is 364 g/mol. The standard InChI is InChI=1S/C18H18Cl2N2O2/c19-14-5-3-6-15(20)18(14)21-16-7-2-1-4-13(16)12-17(23)22-8-10-24-11-9-22/h1-7,21H,8-12H2.